The summed E-state index contributed by atoms with van der Waals surface area (Å²) in [6.45, 7) is 5.63. The summed E-state index contributed by atoms with van der Waals surface area (Å²) in [5.41, 5.74) is 0.387. The van der Waals surface area contributed by atoms with Gasteiger partial charge in [-0.1, -0.05) is 0 Å². The van der Waals surface area contributed by atoms with Gasteiger partial charge in [0.1, 0.15) is 0 Å². The van der Waals surface area contributed by atoms with Gasteiger partial charge in [0.2, 0.25) is 0 Å². The van der Waals surface area contributed by atoms with Crippen molar-refractivity contribution >= 4 is 0 Å². The second-order valence-electron chi connectivity index (χ2n) is 7.15. The average molecular weight is 266 g/mol. The van der Waals surface area contributed by atoms with Crippen molar-refractivity contribution in [2.75, 3.05) is 39.9 Å². The quantitative estimate of drug-likeness (QED) is 0.705. The van der Waals surface area contributed by atoms with Gasteiger partial charge >= 0.3 is 0 Å². The number of hydrogen-bond acceptors (Lipinski definition) is 3. The van der Waals surface area contributed by atoms with Crippen LogP contribution in [-0.4, -0.2) is 39.9 Å². The molecule has 110 valence electrons. The molecule has 2 N–H and O–H groups in total. The van der Waals surface area contributed by atoms with Crippen LogP contribution in [0.4, 0.5) is 0 Å². The van der Waals surface area contributed by atoms with Crippen molar-refractivity contribution in [2.24, 2.45) is 23.2 Å². The van der Waals surface area contributed by atoms with Gasteiger partial charge in [0.15, 0.2) is 0 Å². The fourth-order valence-corrected chi connectivity index (χ4v) is 3.91. The van der Waals surface area contributed by atoms with Crippen LogP contribution in [0.25, 0.3) is 0 Å². The molecule has 1 saturated heterocycles. The number of nitrogens with one attached hydrogen (secondary N) is 2. The lowest BCUT2D eigenvalue weighted by Crippen LogP contribution is -2.46. The molecule has 1 heterocycles. The molecule has 3 rings (SSSR count). The molecule has 0 amide bonds. The van der Waals surface area contributed by atoms with E-state index in [0.29, 0.717) is 5.41 Å². The molecule has 0 aromatic heterocycles. The van der Waals surface area contributed by atoms with Gasteiger partial charge in [-0.05, 0) is 75.9 Å². The van der Waals surface area contributed by atoms with Crippen LogP contribution in [0.3, 0.4) is 0 Å². The van der Waals surface area contributed by atoms with Crippen molar-refractivity contribution in [2.45, 2.75) is 38.5 Å². The molecule has 3 fully saturated rings. The lowest BCUT2D eigenvalue weighted by molar-refractivity contribution is 0.0525. The van der Waals surface area contributed by atoms with Crippen molar-refractivity contribution in [1.82, 2.24) is 10.6 Å². The minimum atomic E-state index is 0.387. The Bertz CT molecular complexity index is 263. The fraction of sp³-hybridized carbons (Fsp3) is 1.00. The summed E-state index contributed by atoms with van der Waals surface area (Å²) in [7, 11) is 1.85. The van der Waals surface area contributed by atoms with Crippen LogP contribution < -0.4 is 10.6 Å². The SMILES string of the molecule is COCC1(CNCC(C2CC2)C2CC2)CCNCC1. The van der Waals surface area contributed by atoms with Crippen molar-refractivity contribution in [3.05, 3.63) is 0 Å². The Kier molecular flexibility index (Phi) is 4.45. The fourth-order valence-electron chi connectivity index (χ4n) is 3.91. The Morgan fingerprint density at radius 3 is 2.32 bits per heavy atom. The maximum absolute atomic E-state index is 5.49. The van der Waals surface area contributed by atoms with Gasteiger partial charge in [0.25, 0.3) is 0 Å². The van der Waals surface area contributed by atoms with Crippen LogP contribution in [0, 0.1) is 23.2 Å². The third-order valence-corrected chi connectivity index (χ3v) is 5.45. The lowest BCUT2D eigenvalue weighted by atomic mass is 9.79. The molecule has 3 heteroatoms. The third kappa shape index (κ3) is 3.71. The number of rotatable bonds is 8. The smallest absolute Gasteiger partial charge is 0.0531 e. The molecule has 3 nitrogen and oxygen atoms in total. The van der Waals surface area contributed by atoms with Gasteiger partial charge < -0.3 is 15.4 Å². The number of piperidine rings is 1. The molecular weight excluding hydrogens is 236 g/mol. The minimum absolute atomic E-state index is 0.387. The van der Waals surface area contributed by atoms with Crippen LogP contribution in [-0.2, 0) is 4.74 Å². The second kappa shape index (κ2) is 6.11. The van der Waals surface area contributed by atoms with E-state index in [1.54, 1.807) is 0 Å². The highest BCUT2D eigenvalue weighted by molar-refractivity contribution is 4.93. The van der Waals surface area contributed by atoms with E-state index in [1.165, 1.54) is 45.1 Å². The highest BCUT2D eigenvalue weighted by Crippen LogP contribution is 2.48. The molecule has 2 saturated carbocycles. The van der Waals surface area contributed by atoms with E-state index >= 15 is 0 Å². The molecule has 0 spiro atoms. The molecule has 0 atom stereocenters. The molecule has 0 radical (unpaired) electrons. The Morgan fingerprint density at radius 2 is 1.79 bits per heavy atom. The van der Waals surface area contributed by atoms with Crippen molar-refractivity contribution in [3.63, 3.8) is 0 Å². The predicted molar refractivity (Wildman–Crippen MR) is 78.2 cm³/mol. The Labute approximate surface area is 117 Å². The predicted octanol–water partition coefficient (Wildman–Crippen LogP) is 2.03. The van der Waals surface area contributed by atoms with Crippen molar-refractivity contribution in [1.29, 1.82) is 0 Å². The minimum Gasteiger partial charge on any atom is -0.384 e. The number of ether oxygens (including phenoxy) is 1. The highest BCUT2D eigenvalue weighted by atomic mass is 16.5. The average Bonchev–Trinajstić information content (AvgIpc) is 3.29. The molecule has 1 aliphatic heterocycles. The molecule has 2 aliphatic carbocycles. The van der Waals surface area contributed by atoms with E-state index in [9.17, 15) is 0 Å². The standard InChI is InChI=1S/C16H30N2O/c1-19-12-16(6-8-17-9-7-16)11-18-10-15(13-2-3-13)14-4-5-14/h13-15,17-18H,2-12H2,1H3. The molecule has 0 aromatic carbocycles. The maximum Gasteiger partial charge on any atom is 0.0531 e. The van der Waals surface area contributed by atoms with Gasteiger partial charge in [-0.15, -0.1) is 0 Å². The van der Waals surface area contributed by atoms with Gasteiger partial charge in [0, 0.05) is 19.1 Å². The summed E-state index contributed by atoms with van der Waals surface area (Å²) in [6, 6.07) is 0. The van der Waals surface area contributed by atoms with E-state index in [-0.39, 0.29) is 0 Å². The first-order valence-corrected chi connectivity index (χ1v) is 8.23. The van der Waals surface area contributed by atoms with E-state index in [1.807, 2.05) is 7.11 Å². The van der Waals surface area contributed by atoms with Gasteiger partial charge in [0.05, 0.1) is 6.61 Å². The largest absolute Gasteiger partial charge is 0.384 e. The molecule has 19 heavy (non-hydrogen) atoms. The molecular formula is C16H30N2O. The Morgan fingerprint density at radius 1 is 1.16 bits per heavy atom. The summed E-state index contributed by atoms with van der Waals surface area (Å²) >= 11 is 0. The summed E-state index contributed by atoms with van der Waals surface area (Å²) in [5.74, 6) is 3.11. The van der Waals surface area contributed by atoms with Crippen LogP contribution in [0.1, 0.15) is 38.5 Å². The van der Waals surface area contributed by atoms with Crippen LogP contribution >= 0.6 is 0 Å². The normalized spacial score (nSPS) is 26.8. The first-order chi connectivity index (χ1) is 9.33. The van der Waals surface area contributed by atoms with E-state index in [4.69, 9.17) is 4.74 Å². The molecule has 0 aromatic rings. The zero-order chi connectivity index (χ0) is 13.1. The van der Waals surface area contributed by atoms with Crippen molar-refractivity contribution in [3.8, 4) is 0 Å². The first kappa shape index (κ1) is 13.8. The van der Waals surface area contributed by atoms with Gasteiger partial charge in [-0.2, -0.15) is 0 Å². The summed E-state index contributed by atoms with van der Waals surface area (Å²) in [4.78, 5) is 0. The maximum atomic E-state index is 5.49. The number of hydrogen-bond donors (Lipinski definition) is 2. The lowest BCUT2D eigenvalue weighted by Gasteiger charge is -2.37. The zero-order valence-corrected chi connectivity index (χ0v) is 12.4. The van der Waals surface area contributed by atoms with Crippen LogP contribution in [0.15, 0.2) is 0 Å². The van der Waals surface area contributed by atoms with Crippen LogP contribution in [0.5, 0.6) is 0 Å². The van der Waals surface area contributed by atoms with E-state index in [2.05, 4.69) is 10.6 Å². The van der Waals surface area contributed by atoms with Gasteiger partial charge in [-0.3, -0.25) is 0 Å². The van der Waals surface area contributed by atoms with Crippen molar-refractivity contribution < 1.29 is 4.74 Å². The monoisotopic (exact) mass is 266 g/mol. The van der Waals surface area contributed by atoms with E-state index < -0.39 is 0 Å². The topological polar surface area (TPSA) is 33.3 Å². The molecule has 0 bridgehead atoms. The molecule has 0 unspecified atom stereocenters. The van der Waals surface area contributed by atoms with Crippen LogP contribution in [0.2, 0.25) is 0 Å². The third-order valence-electron chi connectivity index (χ3n) is 5.45. The second-order valence-corrected chi connectivity index (χ2v) is 7.15. The first-order valence-electron chi connectivity index (χ1n) is 8.23. The summed E-state index contributed by atoms with van der Waals surface area (Å²) in [6.07, 6.45) is 8.49. The van der Waals surface area contributed by atoms with E-state index in [0.717, 1.165) is 44.0 Å². The summed E-state index contributed by atoms with van der Waals surface area (Å²) in [5, 5.41) is 7.29. The number of methoxy groups -OCH3 is 1. The zero-order valence-electron chi connectivity index (χ0n) is 12.4. The molecule has 3 aliphatic rings. The highest BCUT2D eigenvalue weighted by Gasteiger charge is 2.41. The Balaban J connectivity index is 1.45. The Hall–Kier alpha value is -0.120. The van der Waals surface area contributed by atoms with Gasteiger partial charge in [-0.25, -0.2) is 0 Å². The summed E-state index contributed by atoms with van der Waals surface area (Å²) < 4.78 is 5.49.